The summed E-state index contributed by atoms with van der Waals surface area (Å²) in [5.74, 6) is 0.0250. The number of nitrogens with one attached hydrogen (secondary N) is 1. The highest BCUT2D eigenvalue weighted by Crippen LogP contribution is 2.34. The van der Waals surface area contributed by atoms with Gasteiger partial charge in [0.15, 0.2) is 0 Å². The molecule has 0 atom stereocenters. The summed E-state index contributed by atoms with van der Waals surface area (Å²) in [6.45, 7) is 2.16. The zero-order valence-corrected chi connectivity index (χ0v) is 16.1. The second kappa shape index (κ2) is 6.70. The lowest BCUT2D eigenvalue weighted by molar-refractivity contribution is -0.135. The number of para-hydroxylation sites is 1. The highest BCUT2D eigenvalue weighted by Gasteiger charge is 2.48. The Morgan fingerprint density at radius 1 is 0.966 bits per heavy atom. The number of rotatable bonds is 3. The fourth-order valence-electron chi connectivity index (χ4n) is 3.95. The van der Waals surface area contributed by atoms with E-state index >= 15 is 0 Å². The molecule has 1 saturated heterocycles. The van der Waals surface area contributed by atoms with Crippen molar-refractivity contribution >= 4 is 22.8 Å². The predicted octanol–water partition coefficient (Wildman–Crippen LogP) is 2.01. The van der Waals surface area contributed by atoms with Crippen molar-refractivity contribution in [3.63, 3.8) is 0 Å². The minimum Gasteiger partial charge on any atom is -0.345 e. The summed E-state index contributed by atoms with van der Waals surface area (Å²) in [5.41, 5.74) is 9.99. The molecule has 2 aliphatic rings. The molecule has 1 aliphatic heterocycles. The summed E-state index contributed by atoms with van der Waals surface area (Å²) >= 11 is 0. The summed E-state index contributed by atoms with van der Waals surface area (Å²) in [5, 5.41) is 0. The summed E-state index contributed by atoms with van der Waals surface area (Å²) in [6.07, 6.45) is 3.22. The maximum Gasteiger partial charge on any atom is 0.253 e. The van der Waals surface area contributed by atoms with Gasteiger partial charge in [-0.25, -0.2) is 4.98 Å². The first-order valence-corrected chi connectivity index (χ1v) is 9.95. The summed E-state index contributed by atoms with van der Waals surface area (Å²) in [6, 6.07) is 13.6. The molecule has 1 aromatic heterocycles. The van der Waals surface area contributed by atoms with Gasteiger partial charge in [-0.05, 0) is 36.6 Å². The standard InChI is InChI=1S/C22H23N5O2/c23-22(8-9-22)21(29)27-12-10-26(11-13-27)20(28)16-6-4-15(5-7-16)17-2-1-3-18-19(17)25-14-24-18/h1-7,14H,8-13,23H2,(H,24,25). The number of fused-ring (bicyclic) bond motifs is 1. The van der Waals surface area contributed by atoms with E-state index in [4.69, 9.17) is 5.73 Å². The zero-order valence-electron chi connectivity index (χ0n) is 16.1. The van der Waals surface area contributed by atoms with Gasteiger partial charge in [0.2, 0.25) is 5.91 Å². The Balaban J connectivity index is 1.28. The van der Waals surface area contributed by atoms with Crippen LogP contribution in [0.4, 0.5) is 0 Å². The van der Waals surface area contributed by atoms with Gasteiger partial charge in [-0.15, -0.1) is 0 Å². The van der Waals surface area contributed by atoms with Gasteiger partial charge in [-0.1, -0.05) is 24.3 Å². The molecule has 1 aliphatic carbocycles. The smallest absolute Gasteiger partial charge is 0.253 e. The van der Waals surface area contributed by atoms with Crippen LogP contribution in [0, 0.1) is 0 Å². The Morgan fingerprint density at radius 3 is 2.34 bits per heavy atom. The quantitative estimate of drug-likeness (QED) is 0.716. The van der Waals surface area contributed by atoms with Crippen molar-refractivity contribution in [1.82, 2.24) is 19.8 Å². The van der Waals surface area contributed by atoms with E-state index in [1.165, 1.54) is 0 Å². The molecule has 2 amide bonds. The largest absolute Gasteiger partial charge is 0.345 e. The van der Waals surface area contributed by atoms with Crippen LogP contribution in [-0.4, -0.2) is 63.3 Å². The average molecular weight is 389 g/mol. The predicted molar refractivity (Wildman–Crippen MR) is 110 cm³/mol. The van der Waals surface area contributed by atoms with Gasteiger partial charge in [0.1, 0.15) is 0 Å². The average Bonchev–Trinajstić information content (AvgIpc) is 3.33. The number of H-pyrrole nitrogens is 1. The van der Waals surface area contributed by atoms with Crippen LogP contribution in [0.3, 0.4) is 0 Å². The molecular weight excluding hydrogens is 366 g/mol. The van der Waals surface area contributed by atoms with Gasteiger partial charge in [0.25, 0.3) is 5.91 Å². The van der Waals surface area contributed by atoms with Crippen LogP contribution in [0.2, 0.25) is 0 Å². The second-order valence-electron chi connectivity index (χ2n) is 7.92. The first-order chi connectivity index (χ1) is 14.0. The number of nitrogens with zero attached hydrogens (tertiary/aromatic N) is 3. The number of hydrogen-bond acceptors (Lipinski definition) is 4. The van der Waals surface area contributed by atoms with Crippen molar-refractivity contribution in [2.45, 2.75) is 18.4 Å². The number of imidazole rings is 1. The van der Waals surface area contributed by atoms with Gasteiger partial charge in [0, 0.05) is 37.3 Å². The SMILES string of the molecule is NC1(C(=O)N2CCN(C(=O)c3ccc(-c4cccc5[nH]cnc45)cc3)CC2)CC1. The molecule has 1 saturated carbocycles. The fraction of sp³-hybridized carbons (Fsp3) is 0.318. The van der Waals surface area contributed by atoms with Crippen LogP contribution in [0.15, 0.2) is 48.8 Å². The van der Waals surface area contributed by atoms with Crippen molar-refractivity contribution in [2.75, 3.05) is 26.2 Å². The van der Waals surface area contributed by atoms with Crippen LogP contribution in [-0.2, 0) is 4.79 Å². The zero-order chi connectivity index (χ0) is 20.0. The first kappa shape index (κ1) is 17.9. The number of aromatic amines is 1. The molecule has 0 radical (unpaired) electrons. The van der Waals surface area contributed by atoms with Crippen LogP contribution < -0.4 is 5.73 Å². The first-order valence-electron chi connectivity index (χ1n) is 9.95. The number of aromatic nitrogens is 2. The molecule has 5 rings (SSSR count). The molecule has 2 fully saturated rings. The maximum atomic E-state index is 12.9. The van der Waals surface area contributed by atoms with Crippen molar-refractivity contribution < 1.29 is 9.59 Å². The number of carbonyl (C=O) groups is 2. The number of piperazine rings is 1. The number of carbonyl (C=O) groups excluding carboxylic acids is 2. The van der Waals surface area contributed by atoms with Gasteiger partial charge < -0.3 is 20.5 Å². The lowest BCUT2D eigenvalue weighted by Gasteiger charge is -2.36. The third-order valence-corrected chi connectivity index (χ3v) is 5.96. The lowest BCUT2D eigenvalue weighted by atomic mass is 10.0. The maximum absolute atomic E-state index is 12.9. The normalized spacial score (nSPS) is 18.1. The molecular formula is C22H23N5O2. The van der Waals surface area contributed by atoms with E-state index in [1.807, 2.05) is 47.4 Å². The molecule has 7 nitrogen and oxygen atoms in total. The number of benzene rings is 2. The monoisotopic (exact) mass is 389 g/mol. The second-order valence-corrected chi connectivity index (χ2v) is 7.92. The molecule has 2 aromatic carbocycles. The number of hydrogen-bond donors (Lipinski definition) is 2. The van der Waals surface area contributed by atoms with Crippen LogP contribution in [0.5, 0.6) is 0 Å². The minimum atomic E-state index is -0.640. The van der Waals surface area contributed by atoms with E-state index in [9.17, 15) is 9.59 Å². The Labute approximate surface area is 168 Å². The van der Waals surface area contributed by atoms with Gasteiger partial charge >= 0.3 is 0 Å². The van der Waals surface area contributed by atoms with E-state index in [0.717, 1.165) is 35.0 Å². The third kappa shape index (κ3) is 3.17. The molecule has 0 spiro atoms. The van der Waals surface area contributed by atoms with Crippen LogP contribution in [0.1, 0.15) is 23.2 Å². The highest BCUT2D eigenvalue weighted by atomic mass is 16.2. The summed E-state index contributed by atoms with van der Waals surface area (Å²) in [4.78, 5) is 36.4. The molecule has 148 valence electrons. The molecule has 7 heteroatoms. The number of amides is 2. The fourth-order valence-corrected chi connectivity index (χ4v) is 3.95. The Kier molecular flexibility index (Phi) is 4.13. The van der Waals surface area contributed by atoms with Crippen molar-refractivity contribution in [3.8, 4) is 11.1 Å². The number of nitrogens with two attached hydrogens (primary N) is 1. The molecule has 2 heterocycles. The summed E-state index contributed by atoms with van der Waals surface area (Å²) < 4.78 is 0. The van der Waals surface area contributed by atoms with Gasteiger partial charge in [-0.2, -0.15) is 0 Å². The Hall–Kier alpha value is -3.19. The van der Waals surface area contributed by atoms with E-state index in [1.54, 1.807) is 11.2 Å². The van der Waals surface area contributed by atoms with Crippen molar-refractivity contribution in [3.05, 3.63) is 54.4 Å². The molecule has 0 unspecified atom stereocenters. The van der Waals surface area contributed by atoms with Gasteiger partial charge in [0.05, 0.1) is 22.9 Å². The third-order valence-electron chi connectivity index (χ3n) is 5.96. The van der Waals surface area contributed by atoms with E-state index in [2.05, 4.69) is 9.97 Å². The summed E-state index contributed by atoms with van der Waals surface area (Å²) in [7, 11) is 0. The van der Waals surface area contributed by atoms with E-state index < -0.39 is 5.54 Å². The molecule has 29 heavy (non-hydrogen) atoms. The lowest BCUT2D eigenvalue weighted by Crippen LogP contribution is -2.55. The van der Waals surface area contributed by atoms with Crippen molar-refractivity contribution in [2.24, 2.45) is 5.73 Å². The van der Waals surface area contributed by atoms with E-state index in [-0.39, 0.29) is 11.8 Å². The van der Waals surface area contributed by atoms with E-state index in [0.29, 0.717) is 31.7 Å². The van der Waals surface area contributed by atoms with Crippen molar-refractivity contribution in [1.29, 1.82) is 0 Å². The molecule has 0 bridgehead atoms. The Morgan fingerprint density at radius 2 is 1.66 bits per heavy atom. The van der Waals surface area contributed by atoms with Crippen LogP contribution in [0.25, 0.3) is 22.2 Å². The Bertz CT molecular complexity index is 1080. The van der Waals surface area contributed by atoms with Crippen LogP contribution >= 0.6 is 0 Å². The van der Waals surface area contributed by atoms with Gasteiger partial charge in [-0.3, -0.25) is 9.59 Å². The highest BCUT2D eigenvalue weighted by molar-refractivity contribution is 5.96. The molecule has 3 aromatic rings. The topological polar surface area (TPSA) is 95.3 Å². The molecule has 3 N–H and O–H groups in total. The minimum absolute atomic E-state index is 0.00416.